The molecule has 2 aromatic rings. The van der Waals surface area contributed by atoms with Crippen LogP contribution in [0, 0.1) is 0 Å². The van der Waals surface area contributed by atoms with Crippen molar-refractivity contribution >= 4 is 21.6 Å². The Morgan fingerprint density at radius 3 is 2.24 bits per heavy atom. The number of anilines is 1. The summed E-state index contributed by atoms with van der Waals surface area (Å²) in [6.45, 7) is 0.881. The average molecular weight is 292 g/mol. The van der Waals surface area contributed by atoms with Gasteiger partial charge in [0.1, 0.15) is 5.75 Å². The Morgan fingerprint density at radius 2 is 1.59 bits per heavy atom. The maximum atomic E-state index is 9.15. The van der Waals surface area contributed by atoms with Gasteiger partial charge in [-0.15, -0.1) is 0 Å². The summed E-state index contributed by atoms with van der Waals surface area (Å²) in [5.41, 5.74) is 2.33. The molecule has 0 saturated heterocycles. The zero-order valence-corrected chi connectivity index (χ0v) is 10.9. The van der Waals surface area contributed by atoms with E-state index in [1.54, 1.807) is 12.1 Å². The molecular formula is C14H14BrNO. The first-order valence-corrected chi connectivity index (χ1v) is 6.31. The lowest BCUT2D eigenvalue weighted by atomic mass is 10.1. The normalized spacial score (nSPS) is 10.2. The number of benzene rings is 2. The Bertz CT molecular complexity index is 419. The van der Waals surface area contributed by atoms with Crippen LogP contribution >= 0.6 is 15.9 Å². The summed E-state index contributed by atoms with van der Waals surface area (Å²) in [6.07, 6.45) is 0.980. The molecule has 0 unspecified atom stereocenters. The number of aromatic hydroxyl groups is 1. The van der Waals surface area contributed by atoms with E-state index in [1.165, 1.54) is 5.56 Å². The third-order valence-electron chi connectivity index (χ3n) is 2.52. The first-order valence-electron chi connectivity index (χ1n) is 5.51. The van der Waals surface area contributed by atoms with Crippen LogP contribution in [-0.4, -0.2) is 11.7 Å². The maximum absolute atomic E-state index is 9.15. The summed E-state index contributed by atoms with van der Waals surface area (Å²) in [5, 5.41) is 12.5. The fourth-order valence-electron chi connectivity index (χ4n) is 1.58. The third-order valence-corrected chi connectivity index (χ3v) is 3.05. The highest BCUT2D eigenvalue weighted by atomic mass is 79.9. The second-order valence-electron chi connectivity index (χ2n) is 3.85. The highest BCUT2D eigenvalue weighted by Gasteiger charge is 1.95. The Morgan fingerprint density at radius 1 is 0.941 bits per heavy atom. The van der Waals surface area contributed by atoms with Crippen LogP contribution in [0.5, 0.6) is 5.75 Å². The van der Waals surface area contributed by atoms with Crippen LogP contribution in [0.1, 0.15) is 5.56 Å². The predicted octanol–water partition coefficient (Wildman–Crippen LogP) is 3.81. The van der Waals surface area contributed by atoms with Gasteiger partial charge < -0.3 is 10.4 Å². The molecule has 0 aliphatic heterocycles. The molecule has 3 heteroatoms. The predicted molar refractivity (Wildman–Crippen MR) is 74.4 cm³/mol. The molecule has 0 aliphatic rings. The molecule has 88 valence electrons. The zero-order valence-electron chi connectivity index (χ0n) is 9.36. The van der Waals surface area contributed by atoms with Gasteiger partial charge in [0, 0.05) is 16.7 Å². The Hall–Kier alpha value is -1.48. The second kappa shape index (κ2) is 5.73. The molecular weight excluding hydrogens is 278 g/mol. The SMILES string of the molecule is Oc1ccc(NCCc2ccc(Br)cc2)cc1. The molecule has 2 N–H and O–H groups in total. The minimum absolute atomic E-state index is 0.295. The third kappa shape index (κ3) is 3.79. The quantitative estimate of drug-likeness (QED) is 0.840. The van der Waals surface area contributed by atoms with Crippen molar-refractivity contribution in [2.75, 3.05) is 11.9 Å². The molecule has 0 aromatic heterocycles. The van der Waals surface area contributed by atoms with Gasteiger partial charge in [-0.3, -0.25) is 0 Å². The number of hydrogen-bond donors (Lipinski definition) is 2. The van der Waals surface area contributed by atoms with Gasteiger partial charge in [0.15, 0.2) is 0 Å². The fraction of sp³-hybridized carbons (Fsp3) is 0.143. The van der Waals surface area contributed by atoms with Crippen molar-refractivity contribution < 1.29 is 5.11 Å². The lowest BCUT2D eigenvalue weighted by Crippen LogP contribution is -2.04. The van der Waals surface area contributed by atoms with Crippen LogP contribution in [0.25, 0.3) is 0 Å². The van der Waals surface area contributed by atoms with E-state index in [-0.39, 0.29) is 0 Å². The molecule has 0 bridgehead atoms. The molecule has 0 fully saturated rings. The minimum atomic E-state index is 0.295. The standard InChI is InChI=1S/C14H14BrNO/c15-12-3-1-11(2-4-12)9-10-16-13-5-7-14(17)8-6-13/h1-8,16-17H,9-10H2. The van der Waals surface area contributed by atoms with E-state index in [9.17, 15) is 0 Å². The van der Waals surface area contributed by atoms with E-state index in [2.05, 4.69) is 45.5 Å². The monoisotopic (exact) mass is 291 g/mol. The van der Waals surface area contributed by atoms with E-state index >= 15 is 0 Å². The first-order chi connectivity index (χ1) is 8.24. The molecule has 0 heterocycles. The van der Waals surface area contributed by atoms with Crippen LogP contribution in [-0.2, 0) is 6.42 Å². The molecule has 2 aromatic carbocycles. The van der Waals surface area contributed by atoms with Crippen LogP contribution < -0.4 is 5.32 Å². The van der Waals surface area contributed by atoms with Crippen LogP contribution in [0.4, 0.5) is 5.69 Å². The summed E-state index contributed by atoms with van der Waals surface area (Å²) >= 11 is 3.42. The van der Waals surface area contributed by atoms with E-state index in [4.69, 9.17) is 5.11 Å². The van der Waals surface area contributed by atoms with Crippen molar-refractivity contribution in [2.45, 2.75) is 6.42 Å². The van der Waals surface area contributed by atoms with Gasteiger partial charge >= 0.3 is 0 Å². The molecule has 2 nitrogen and oxygen atoms in total. The number of hydrogen-bond acceptors (Lipinski definition) is 2. The van der Waals surface area contributed by atoms with Crippen LogP contribution in [0.15, 0.2) is 53.0 Å². The molecule has 17 heavy (non-hydrogen) atoms. The van der Waals surface area contributed by atoms with Gasteiger partial charge in [0.2, 0.25) is 0 Å². The lowest BCUT2D eigenvalue weighted by Gasteiger charge is -2.06. The fourth-order valence-corrected chi connectivity index (χ4v) is 1.85. The van der Waals surface area contributed by atoms with E-state index in [0.29, 0.717) is 5.75 Å². The van der Waals surface area contributed by atoms with Crippen molar-refractivity contribution in [3.8, 4) is 5.75 Å². The second-order valence-corrected chi connectivity index (χ2v) is 4.77. The van der Waals surface area contributed by atoms with Gasteiger partial charge in [0.05, 0.1) is 0 Å². The number of halogens is 1. The van der Waals surface area contributed by atoms with Gasteiger partial charge in [-0.25, -0.2) is 0 Å². The van der Waals surface area contributed by atoms with Gasteiger partial charge in [-0.05, 0) is 48.4 Å². The average Bonchev–Trinajstić information content (AvgIpc) is 2.34. The Kier molecular flexibility index (Phi) is 4.04. The summed E-state index contributed by atoms with van der Waals surface area (Å²) < 4.78 is 1.10. The molecule has 0 saturated carbocycles. The Labute approximate surface area is 109 Å². The van der Waals surface area contributed by atoms with Crippen LogP contribution in [0.2, 0.25) is 0 Å². The molecule has 0 aliphatic carbocycles. The summed E-state index contributed by atoms with van der Waals surface area (Å²) in [4.78, 5) is 0. The highest BCUT2D eigenvalue weighted by Crippen LogP contribution is 2.14. The highest BCUT2D eigenvalue weighted by molar-refractivity contribution is 9.10. The zero-order chi connectivity index (χ0) is 12.1. The van der Waals surface area contributed by atoms with Crippen molar-refractivity contribution in [2.24, 2.45) is 0 Å². The maximum Gasteiger partial charge on any atom is 0.115 e. The molecule has 2 rings (SSSR count). The van der Waals surface area contributed by atoms with Crippen LogP contribution in [0.3, 0.4) is 0 Å². The molecule has 0 amide bonds. The van der Waals surface area contributed by atoms with Gasteiger partial charge in [-0.1, -0.05) is 28.1 Å². The van der Waals surface area contributed by atoms with Crippen molar-refractivity contribution in [1.82, 2.24) is 0 Å². The molecule has 0 radical (unpaired) electrons. The lowest BCUT2D eigenvalue weighted by molar-refractivity contribution is 0.475. The molecule has 0 spiro atoms. The van der Waals surface area contributed by atoms with E-state index < -0.39 is 0 Å². The topological polar surface area (TPSA) is 32.3 Å². The van der Waals surface area contributed by atoms with Crippen molar-refractivity contribution in [3.63, 3.8) is 0 Å². The summed E-state index contributed by atoms with van der Waals surface area (Å²) in [6, 6.07) is 15.4. The number of rotatable bonds is 4. The van der Waals surface area contributed by atoms with Gasteiger partial charge in [0.25, 0.3) is 0 Å². The Balaban J connectivity index is 1.83. The largest absolute Gasteiger partial charge is 0.508 e. The first kappa shape index (κ1) is 12.0. The van der Waals surface area contributed by atoms with E-state index in [0.717, 1.165) is 23.1 Å². The van der Waals surface area contributed by atoms with E-state index in [1.807, 2.05) is 12.1 Å². The summed E-state index contributed by atoms with van der Waals surface area (Å²) in [7, 11) is 0. The number of nitrogens with one attached hydrogen (secondary N) is 1. The minimum Gasteiger partial charge on any atom is -0.508 e. The molecule has 0 atom stereocenters. The smallest absolute Gasteiger partial charge is 0.115 e. The number of phenols is 1. The summed E-state index contributed by atoms with van der Waals surface area (Å²) in [5.74, 6) is 0.295. The van der Waals surface area contributed by atoms with Crippen molar-refractivity contribution in [3.05, 3.63) is 58.6 Å². The number of phenolic OH excluding ortho intramolecular Hbond substituents is 1. The van der Waals surface area contributed by atoms with Gasteiger partial charge in [-0.2, -0.15) is 0 Å². The van der Waals surface area contributed by atoms with Crippen molar-refractivity contribution in [1.29, 1.82) is 0 Å².